The molecular weight excluding hydrogens is 365 g/mol. The van der Waals surface area contributed by atoms with Gasteiger partial charge in [-0.3, -0.25) is 14.6 Å². The van der Waals surface area contributed by atoms with Crippen LogP contribution < -0.4 is 4.74 Å². The van der Waals surface area contributed by atoms with Crippen molar-refractivity contribution in [1.82, 2.24) is 0 Å². The van der Waals surface area contributed by atoms with E-state index in [1.165, 1.54) is 12.1 Å². The molecule has 0 aromatic heterocycles. The molecule has 1 aromatic carbocycles. The Morgan fingerprint density at radius 2 is 1.72 bits per heavy atom. The number of phosphoric acid groups is 1. The molecule has 1 saturated heterocycles. The van der Waals surface area contributed by atoms with Crippen molar-refractivity contribution in [2.75, 3.05) is 6.61 Å². The molecule has 12 nitrogen and oxygen atoms in total. The van der Waals surface area contributed by atoms with Crippen LogP contribution in [-0.4, -0.2) is 67.3 Å². The van der Waals surface area contributed by atoms with Gasteiger partial charge in [0.05, 0.1) is 11.5 Å². The first-order valence-electron chi connectivity index (χ1n) is 6.89. The maximum atomic E-state index is 10.7. The molecule has 0 spiro atoms. The number of phosphoric ester groups is 1. The molecule has 5 atom stereocenters. The van der Waals surface area contributed by atoms with Gasteiger partial charge < -0.3 is 34.6 Å². The Morgan fingerprint density at radius 3 is 2.24 bits per heavy atom. The second-order valence-corrected chi connectivity index (χ2v) is 6.41. The van der Waals surface area contributed by atoms with Gasteiger partial charge in [0.15, 0.2) is 0 Å². The number of non-ortho nitro benzene ring substituents is 1. The van der Waals surface area contributed by atoms with Crippen molar-refractivity contribution in [2.45, 2.75) is 30.7 Å². The fraction of sp³-hybridized carbons (Fsp3) is 0.500. The minimum atomic E-state index is -4.84. The summed E-state index contributed by atoms with van der Waals surface area (Å²) >= 11 is 0. The molecule has 0 bridgehead atoms. The van der Waals surface area contributed by atoms with Crippen LogP contribution in [0.3, 0.4) is 0 Å². The molecule has 0 unspecified atom stereocenters. The fourth-order valence-corrected chi connectivity index (χ4v) is 2.44. The maximum absolute atomic E-state index is 10.7. The molecule has 13 heteroatoms. The lowest BCUT2D eigenvalue weighted by Crippen LogP contribution is -2.60. The van der Waals surface area contributed by atoms with Crippen molar-refractivity contribution in [3.8, 4) is 5.75 Å². The van der Waals surface area contributed by atoms with Crippen LogP contribution in [0, 0.1) is 10.1 Å². The summed E-state index contributed by atoms with van der Waals surface area (Å²) in [7, 11) is -4.84. The van der Waals surface area contributed by atoms with Crippen molar-refractivity contribution in [1.29, 1.82) is 0 Å². The van der Waals surface area contributed by atoms with E-state index in [2.05, 4.69) is 4.52 Å². The zero-order chi connectivity index (χ0) is 18.8. The molecule has 5 N–H and O–H groups in total. The van der Waals surface area contributed by atoms with E-state index in [4.69, 9.17) is 19.3 Å². The lowest BCUT2D eigenvalue weighted by molar-refractivity contribution is -0.384. The van der Waals surface area contributed by atoms with E-state index in [1.54, 1.807) is 0 Å². The summed E-state index contributed by atoms with van der Waals surface area (Å²) in [6.45, 7) is -0.769. The molecule has 1 heterocycles. The van der Waals surface area contributed by atoms with Crippen LogP contribution in [0.5, 0.6) is 5.75 Å². The van der Waals surface area contributed by atoms with E-state index in [1.807, 2.05) is 0 Å². The number of rotatable bonds is 6. The van der Waals surface area contributed by atoms with Gasteiger partial charge in [-0.25, -0.2) is 4.57 Å². The van der Waals surface area contributed by atoms with Crippen LogP contribution in [0.25, 0.3) is 0 Å². The molecule has 1 aliphatic rings. The standard InChI is InChI=1S/C12H16NO11P/c14-9-8(5-22-25(19,20)21)24-12(11(16)10(9)15)23-7-3-1-6(2-4-7)13(17)18/h1-4,8-12,14-16H,5H2,(H2,19,20,21)/t8-,9-,10+,11-,12-/m1/s1. The first-order valence-corrected chi connectivity index (χ1v) is 8.42. The summed E-state index contributed by atoms with van der Waals surface area (Å²) in [6, 6.07) is 4.74. The normalized spacial score (nSPS) is 30.0. The van der Waals surface area contributed by atoms with Crippen molar-refractivity contribution in [2.24, 2.45) is 0 Å². The molecule has 2 rings (SSSR count). The largest absolute Gasteiger partial charge is 0.469 e. The summed E-state index contributed by atoms with van der Waals surface area (Å²) < 4.78 is 25.4. The van der Waals surface area contributed by atoms with Crippen molar-refractivity contribution < 1.29 is 48.6 Å². The zero-order valence-electron chi connectivity index (χ0n) is 12.5. The number of aliphatic hydroxyl groups is 3. The van der Waals surface area contributed by atoms with Crippen LogP contribution in [-0.2, 0) is 13.8 Å². The third-order valence-corrected chi connectivity index (χ3v) is 3.86. The van der Waals surface area contributed by atoms with Gasteiger partial charge in [0.25, 0.3) is 5.69 Å². The molecule has 0 saturated carbocycles. The Labute approximate surface area is 140 Å². The van der Waals surface area contributed by atoms with E-state index in [0.29, 0.717) is 0 Å². The molecule has 0 amide bonds. The van der Waals surface area contributed by atoms with Gasteiger partial charge in [0, 0.05) is 12.1 Å². The highest BCUT2D eigenvalue weighted by atomic mass is 31.2. The topological polar surface area (TPSA) is 189 Å². The smallest absolute Gasteiger partial charge is 0.462 e. The maximum Gasteiger partial charge on any atom is 0.469 e. The Morgan fingerprint density at radius 1 is 1.12 bits per heavy atom. The second kappa shape index (κ2) is 7.72. The quantitative estimate of drug-likeness (QED) is 0.228. The third-order valence-electron chi connectivity index (χ3n) is 3.38. The third kappa shape index (κ3) is 5.17. The molecule has 1 fully saturated rings. The highest BCUT2D eigenvalue weighted by molar-refractivity contribution is 7.46. The highest BCUT2D eigenvalue weighted by Gasteiger charge is 2.45. The highest BCUT2D eigenvalue weighted by Crippen LogP contribution is 2.37. The van der Waals surface area contributed by atoms with Gasteiger partial charge in [-0.1, -0.05) is 0 Å². The Balaban J connectivity index is 2.07. The van der Waals surface area contributed by atoms with Crippen LogP contribution in [0.2, 0.25) is 0 Å². The molecule has 0 radical (unpaired) electrons. The molecule has 0 aliphatic carbocycles. The van der Waals surface area contributed by atoms with E-state index in [9.17, 15) is 30.0 Å². The monoisotopic (exact) mass is 381 g/mol. The summed E-state index contributed by atoms with van der Waals surface area (Å²) in [5.74, 6) is 0.0629. The number of nitrogens with zero attached hydrogens (tertiary/aromatic N) is 1. The van der Waals surface area contributed by atoms with Crippen LogP contribution in [0.1, 0.15) is 0 Å². The van der Waals surface area contributed by atoms with Gasteiger partial charge in [0.2, 0.25) is 6.29 Å². The molecule has 1 aliphatic heterocycles. The predicted octanol–water partition coefficient (Wildman–Crippen LogP) is -1.11. The molecule has 140 valence electrons. The summed E-state index contributed by atoms with van der Waals surface area (Å²) in [5, 5.41) is 40.1. The van der Waals surface area contributed by atoms with Gasteiger partial charge in [-0.15, -0.1) is 0 Å². The number of ether oxygens (including phenoxy) is 2. The minimum absolute atomic E-state index is 0.0629. The number of hydrogen-bond donors (Lipinski definition) is 5. The van der Waals surface area contributed by atoms with Crippen LogP contribution in [0.4, 0.5) is 5.69 Å². The number of nitro benzene ring substituents is 1. The van der Waals surface area contributed by atoms with E-state index in [-0.39, 0.29) is 11.4 Å². The second-order valence-electron chi connectivity index (χ2n) is 5.17. The van der Waals surface area contributed by atoms with Crippen molar-refractivity contribution >= 4 is 13.5 Å². The lowest BCUT2D eigenvalue weighted by Gasteiger charge is -2.40. The predicted molar refractivity (Wildman–Crippen MR) is 78.4 cm³/mol. The Hall–Kier alpha value is -1.63. The average Bonchev–Trinajstić information content (AvgIpc) is 2.54. The number of hydrogen-bond acceptors (Lipinski definition) is 9. The van der Waals surface area contributed by atoms with Gasteiger partial charge in [-0.05, 0) is 12.1 Å². The summed E-state index contributed by atoms with van der Waals surface area (Å²) in [6.07, 6.45) is -8.00. The number of benzene rings is 1. The van der Waals surface area contributed by atoms with Gasteiger partial charge >= 0.3 is 7.82 Å². The fourth-order valence-electron chi connectivity index (χ4n) is 2.10. The van der Waals surface area contributed by atoms with E-state index >= 15 is 0 Å². The summed E-state index contributed by atoms with van der Waals surface area (Å²) in [4.78, 5) is 27.3. The van der Waals surface area contributed by atoms with Crippen molar-refractivity contribution in [3.05, 3.63) is 34.4 Å². The van der Waals surface area contributed by atoms with Crippen LogP contribution >= 0.6 is 7.82 Å². The van der Waals surface area contributed by atoms with Crippen molar-refractivity contribution in [3.63, 3.8) is 0 Å². The van der Waals surface area contributed by atoms with Gasteiger partial charge in [0.1, 0.15) is 30.2 Å². The van der Waals surface area contributed by atoms with Gasteiger partial charge in [-0.2, -0.15) is 0 Å². The first kappa shape index (κ1) is 19.7. The number of aliphatic hydroxyl groups excluding tert-OH is 3. The first-order chi connectivity index (χ1) is 11.6. The Bertz CT molecular complexity index is 647. The SMILES string of the molecule is O=[N+]([O-])c1ccc(O[C@@H]2O[C@H](COP(=O)(O)O)[C@@H](O)[C@H](O)[C@H]2O)cc1. The lowest BCUT2D eigenvalue weighted by atomic mass is 9.99. The summed E-state index contributed by atoms with van der Waals surface area (Å²) in [5.41, 5.74) is -0.194. The number of nitro groups is 1. The Kier molecular flexibility index (Phi) is 6.08. The zero-order valence-corrected chi connectivity index (χ0v) is 13.4. The van der Waals surface area contributed by atoms with Crippen LogP contribution in [0.15, 0.2) is 24.3 Å². The van der Waals surface area contributed by atoms with E-state index in [0.717, 1.165) is 12.1 Å². The molecule has 1 aromatic rings. The average molecular weight is 381 g/mol. The molecular formula is C12H16NO11P. The minimum Gasteiger partial charge on any atom is -0.462 e. The van der Waals surface area contributed by atoms with E-state index < -0.39 is 50.1 Å². The molecule has 25 heavy (non-hydrogen) atoms.